The number of carbonyl (C=O) groups excluding carboxylic acids is 2. The third-order valence-corrected chi connectivity index (χ3v) is 6.22. The first-order valence-corrected chi connectivity index (χ1v) is 12.8. The first kappa shape index (κ1) is 27.8. The van der Waals surface area contributed by atoms with Crippen LogP contribution in [0, 0.1) is 0 Å². The minimum absolute atomic E-state index is 0.0471. The molecule has 2 aromatic rings. The maximum atomic E-state index is 13.2. The summed E-state index contributed by atoms with van der Waals surface area (Å²) in [5, 5.41) is 0. The number of aryl methyl sites for hydroxylation is 1. The van der Waals surface area contributed by atoms with Crippen molar-refractivity contribution in [1.82, 2.24) is 0 Å². The van der Waals surface area contributed by atoms with Crippen LogP contribution in [0.3, 0.4) is 0 Å². The van der Waals surface area contributed by atoms with Gasteiger partial charge < -0.3 is 14.3 Å². The van der Waals surface area contributed by atoms with E-state index < -0.39 is 0 Å². The normalized spacial score (nSPS) is 12.2. The lowest BCUT2D eigenvalue weighted by Crippen LogP contribution is -2.16. The largest absolute Gasteiger partial charge is 0.422 e. The summed E-state index contributed by atoms with van der Waals surface area (Å²) >= 11 is 0. The molecular formula is C30H42O4. The number of hydrogen-bond acceptors (Lipinski definition) is 4. The highest BCUT2D eigenvalue weighted by Gasteiger charge is 2.25. The quantitative estimate of drug-likeness (QED) is 0.124. The van der Waals surface area contributed by atoms with Gasteiger partial charge >= 0.3 is 5.97 Å². The van der Waals surface area contributed by atoms with E-state index in [4.69, 9.17) is 9.47 Å². The number of rotatable bonds is 14. The van der Waals surface area contributed by atoms with E-state index in [0.717, 1.165) is 43.1 Å². The fraction of sp³-hybridized carbons (Fsp3) is 0.533. The summed E-state index contributed by atoms with van der Waals surface area (Å²) in [6.45, 7) is 13.9. The monoisotopic (exact) mass is 466 g/mol. The molecule has 0 radical (unpaired) electrons. The molecule has 0 N–H and O–H groups in total. The maximum absolute atomic E-state index is 13.2. The topological polar surface area (TPSA) is 52.6 Å². The lowest BCUT2D eigenvalue weighted by atomic mass is 9.85. The summed E-state index contributed by atoms with van der Waals surface area (Å²) in [6, 6.07) is 12.1. The summed E-state index contributed by atoms with van der Waals surface area (Å²) in [5.74, 6) is 0.889. The predicted molar refractivity (Wildman–Crippen MR) is 139 cm³/mol. The zero-order valence-corrected chi connectivity index (χ0v) is 21.9. The van der Waals surface area contributed by atoms with Crippen molar-refractivity contribution in [2.75, 3.05) is 13.2 Å². The van der Waals surface area contributed by atoms with Crippen LogP contribution in [-0.2, 0) is 16.0 Å². The Morgan fingerprint density at radius 1 is 0.971 bits per heavy atom. The van der Waals surface area contributed by atoms with Gasteiger partial charge in [0.05, 0.1) is 12.2 Å². The molecule has 0 aliphatic rings. The highest BCUT2D eigenvalue weighted by atomic mass is 16.5. The van der Waals surface area contributed by atoms with Crippen molar-refractivity contribution >= 4 is 12.3 Å². The molecule has 4 nitrogen and oxygen atoms in total. The van der Waals surface area contributed by atoms with Crippen molar-refractivity contribution in [3.05, 3.63) is 64.2 Å². The molecule has 0 aromatic heterocycles. The molecule has 186 valence electrons. The van der Waals surface area contributed by atoms with Gasteiger partial charge in [-0.2, -0.15) is 0 Å². The number of carbonyl (C=O) groups is 2. The summed E-state index contributed by atoms with van der Waals surface area (Å²) in [4.78, 5) is 24.2. The van der Waals surface area contributed by atoms with Gasteiger partial charge in [-0.25, -0.2) is 4.79 Å². The summed E-state index contributed by atoms with van der Waals surface area (Å²) in [7, 11) is 0. The van der Waals surface area contributed by atoms with Gasteiger partial charge in [0.25, 0.3) is 0 Å². The molecule has 0 saturated carbocycles. The van der Waals surface area contributed by atoms with Crippen molar-refractivity contribution in [1.29, 1.82) is 0 Å². The summed E-state index contributed by atoms with van der Waals surface area (Å²) in [5.41, 5.74) is 5.03. The number of esters is 1. The van der Waals surface area contributed by atoms with Crippen LogP contribution in [0.2, 0.25) is 0 Å². The van der Waals surface area contributed by atoms with E-state index in [1.54, 1.807) is 0 Å². The third kappa shape index (κ3) is 7.80. The van der Waals surface area contributed by atoms with E-state index in [-0.39, 0.29) is 17.8 Å². The Morgan fingerprint density at radius 3 is 2.21 bits per heavy atom. The number of ether oxygens (including phenoxy) is 2. The van der Waals surface area contributed by atoms with E-state index in [2.05, 4.69) is 46.8 Å². The maximum Gasteiger partial charge on any atom is 0.343 e. The molecular weight excluding hydrogens is 424 g/mol. The number of unbranched alkanes of at least 4 members (excludes halogenated alkanes) is 1. The second kappa shape index (κ2) is 14.1. The minimum atomic E-state index is -0.341. The SMILES string of the molecule is CCCc1ccc(C(=O)Oc2c(C(C)C)cc(C(C)C)cc2C(CCCC=O)COCC)cc1. The Bertz CT molecular complexity index is 912. The summed E-state index contributed by atoms with van der Waals surface area (Å²) < 4.78 is 12.0. The molecule has 2 aromatic carbocycles. The fourth-order valence-electron chi connectivity index (χ4n) is 4.17. The van der Waals surface area contributed by atoms with Gasteiger partial charge in [0.2, 0.25) is 0 Å². The minimum Gasteiger partial charge on any atom is -0.422 e. The number of benzene rings is 2. The van der Waals surface area contributed by atoms with Gasteiger partial charge in [-0.05, 0) is 66.8 Å². The van der Waals surface area contributed by atoms with Gasteiger partial charge in [-0.15, -0.1) is 0 Å². The van der Waals surface area contributed by atoms with Crippen molar-refractivity contribution in [2.24, 2.45) is 0 Å². The smallest absolute Gasteiger partial charge is 0.343 e. The molecule has 0 spiro atoms. The van der Waals surface area contributed by atoms with E-state index in [1.165, 1.54) is 11.1 Å². The molecule has 0 amide bonds. The van der Waals surface area contributed by atoms with Gasteiger partial charge in [0.15, 0.2) is 0 Å². The first-order chi connectivity index (χ1) is 16.3. The Labute approximate surface area is 206 Å². The van der Waals surface area contributed by atoms with Crippen LogP contribution in [0.4, 0.5) is 0 Å². The Kier molecular flexibility index (Phi) is 11.5. The van der Waals surface area contributed by atoms with Crippen LogP contribution in [0.25, 0.3) is 0 Å². The highest BCUT2D eigenvalue weighted by Crippen LogP contribution is 2.40. The van der Waals surface area contributed by atoms with E-state index in [0.29, 0.717) is 36.9 Å². The van der Waals surface area contributed by atoms with Gasteiger partial charge in [0.1, 0.15) is 12.0 Å². The molecule has 0 bridgehead atoms. The standard InChI is InChI=1S/C30H42O4/c1-7-11-23-13-15-24(16-14-23)30(32)34-29-27(22(5)6)18-26(21(3)4)19-28(29)25(20-33-8-2)12-9-10-17-31/h13-19,21-22,25H,7-12,20H2,1-6H3. The predicted octanol–water partition coefficient (Wildman–Crippen LogP) is 7.59. The fourth-order valence-corrected chi connectivity index (χ4v) is 4.17. The summed E-state index contributed by atoms with van der Waals surface area (Å²) in [6.07, 6.45) is 5.12. The van der Waals surface area contributed by atoms with Crippen LogP contribution >= 0.6 is 0 Å². The molecule has 0 fully saturated rings. The second-order valence-corrected chi connectivity index (χ2v) is 9.63. The van der Waals surface area contributed by atoms with E-state index in [9.17, 15) is 9.59 Å². The lowest BCUT2D eigenvalue weighted by Gasteiger charge is -2.25. The highest BCUT2D eigenvalue weighted by molar-refractivity contribution is 5.91. The van der Waals surface area contributed by atoms with Crippen LogP contribution in [0.1, 0.15) is 118 Å². The number of hydrogen-bond donors (Lipinski definition) is 0. The molecule has 2 rings (SSSR count). The molecule has 1 atom stereocenters. The molecule has 34 heavy (non-hydrogen) atoms. The Morgan fingerprint density at radius 2 is 1.65 bits per heavy atom. The van der Waals surface area contributed by atoms with Gasteiger partial charge in [-0.3, -0.25) is 0 Å². The average Bonchev–Trinajstić information content (AvgIpc) is 2.81. The van der Waals surface area contributed by atoms with Crippen LogP contribution in [0.15, 0.2) is 36.4 Å². The molecule has 1 unspecified atom stereocenters. The number of aldehydes is 1. The molecule has 0 aliphatic carbocycles. The Hall–Kier alpha value is -2.46. The van der Waals surface area contributed by atoms with Crippen LogP contribution < -0.4 is 4.74 Å². The zero-order valence-electron chi connectivity index (χ0n) is 21.9. The molecule has 0 saturated heterocycles. The van der Waals surface area contributed by atoms with Gasteiger partial charge in [-0.1, -0.05) is 65.3 Å². The Balaban J connectivity index is 2.53. The van der Waals surface area contributed by atoms with Crippen LogP contribution in [-0.4, -0.2) is 25.5 Å². The molecule has 0 heterocycles. The molecule has 4 heteroatoms. The molecule has 0 aliphatic heterocycles. The average molecular weight is 467 g/mol. The van der Waals surface area contributed by atoms with Crippen molar-refractivity contribution < 1.29 is 19.1 Å². The van der Waals surface area contributed by atoms with Crippen molar-refractivity contribution in [3.63, 3.8) is 0 Å². The van der Waals surface area contributed by atoms with Crippen LogP contribution in [0.5, 0.6) is 5.75 Å². The second-order valence-electron chi connectivity index (χ2n) is 9.63. The lowest BCUT2D eigenvalue weighted by molar-refractivity contribution is -0.108. The van der Waals surface area contributed by atoms with E-state index >= 15 is 0 Å². The third-order valence-electron chi connectivity index (χ3n) is 6.22. The first-order valence-electron chi connectivity index (χ1n) is 12.8. The van der Waals surface area contributed by atoms with Crippen molar-refractivity contribution in [2.45, 2.75) is 91.4 Å². The van der Waals surface area contributed by atoms with Crippen molar-refractivity contribution in [3.8, 4) is 5.75 Å². The zero-order chi connectivity index (χ0) is 25.1. The van der Waals surface area contributed by atoms with E-state index in [1.807, 2.05) is 31.2 Å². The van der Waals surface area contributed by atoms with Gasteiger partial charge in [0, 0.05) is 24.5 Å².